The molecule has 0 aliphatic carbocycles. The Bertz CT molecular complexity index is 923. The molecule has 1 aromatic heterocycles. The third kappa shape index (κ3) is 3.18. The fraction of sp³-hybridized carbons (Fsp3) is 0.316. The van der Waals surface area contributed by atoms with Gasteiger partial charge in [0.25, 0.3) is 0 Å². The summed E-state index contributed by atoms with van der Waals surface area (Å²) in [6.07, 6.45) is -0.298. The summed E-state index contributed by atoms with van der Waals surface area (Å²) in [7, 11) is 0. The maximum atomic E-state index is 12.2. The van der Waals surface area contributed by atoms with Crippen molar-refractivity contribution in [1.82, 2.24) is 9.88 Å². The molecule has 4 rings (SSSR count). The van der Waals surface area contributed by atoms with Crippen LogP contribution in [0.3, 0.4) is 0 Å². The van der Waals surface area contributed by atoms with Gasteiger partial charge in [-0.05, 0) is 6.92 Å². The Morgan fingerprint density at radius 2 is 2.15 bits per heavy atom. The van der Waals surface area contributed by atoms with E-state index in [1.165, 1.54) is 16.7 Å². The summed E-state index contributed by atoms with van der Waals surface area (Å²) >= 11 is 2.97. The second-order valence-corrected chi connectivity index (χ2v) is 8.55. The summed E-state index contributed by atoms with van der Waals surface area (Å²) < 4.78 is 0. The number of carboxylic acids is 1. The van der Waals surface area contributed by atoms with Crippen molar-refractivity contribution in [3.8, 4) is 10.6 Å². The minimum atomic E-state index is -1.10. The molecular formula is C19H18N2O4S2. The number of hydrogen-bond donors (Lipinski definition) is 2. The van der Waals surface area contributed by atoms with E-state index in [-0.39, 0.29) is 17.6 Å². The number of thioether (sulfide) groups is 1. The number of hydrogen-bond acceptors (Lipinski definition) is 6. The second-order valence-electron chi connectivity index (χ2n) is 6.62. The highest BCUT2D eigenvalue weighted by atomic mass is 32.2. The number of rotatable bonds is 6. The Morgan fingerprint density at radius 1 is 1.41 bits per heavy atom. The number of thiazole rings is 1. The van der Waals surface area contributed by atoms with Crippen LogP contribution in [0.25, 0.3) is 10.6 Å². The molecule has 1 saturated heterocycles. The fourth-order valence-corrected chi connectivity index (χ4v) is 5.62. The molecule has 6 nitrogen and oxygen atoms in total. The van der Waals surface area contributed by atoms with Crippen LogP contribution in [0, 0.1) is 5.92 Å². The van der Waals surface area contributed by atoms with Gasteiger partial charge in [0.05, 0.1) is 23.8 Å². The predicted molar refractivity (Wildman–Crippen MR) is 104 cm³/mol. The predicted octanol–water partition coefficient (Wildman–Crippen LogP) is 2.95. The van der Waals surface area contributed by atoms with Gasteiger partial charge in [0.15, 0.2) is 0 Å². The van der Waals surface area contributed by atoms with Crippen molar-refractivity contribution in [3.63, 3.8) is 0 Å². The molecule has 2 aliphatic heterocycles. The molecule has 140 valence electrons. The van der Waals surface area contributed by atoms with E-state index < -0.39 is 18.0 Å². The molecule has 0 bridgehead atoms. The number of fused-ring (bicyclic) bond motifs is 1. The van der Waals surface area contributed by atoms with Crippen LogP contribution in [-0.4, -0.2) is 44.1 Å². The van der Waals surface area contributed by atoms with E-state index in [9.17, 15) is 19.8 Å². The number of benzene rings is 1. The zero-order chi connectivity index (χ0) is 19.1. The van der Waals surface area contributed by atoms with Crippen molar-refractivity contribution in [1.29, 1.82) is 0 Å². The summed E-state index contributed by atoms with van der Waals surface area (Å²) in [5, 5.41) is 22.3. The summed E-state index contributed by atoms with van der Waals surface area (Å²) in [5.74, 6) is -1.37. The smallest absolute Gasteiger partial charge is 0.353 e. The number of nitrogens with zero attached hydrogens (tertiary/aromatic N) is 2. The average molecular weight is 402 g/mol. The van der Waals surface area contributed by atoms with Crippen molar-refractivity contribution in [2.75, 3.05) is 0 Å². The topological polar surface area (TPSA) is 90.7 Å². The zero-order valence-corrected chi connectivity index (χ0v) is 16.2. The molecule has 0 saturated carbocycles. The van der Waals surface area contributed by atoms with Crippen molar-refractivity contribution < 1.29 is 19.8 Å². The third-order valence-electron chi connectivity index (χ3n) is 4.86. The van der Waals surface area contributed by atoms with Gasteiger partial charge in [0, 0.05) is 28.0 Å². The standard InChI is InChI=1S/C19H18N2O4S2/c1-10(22)15-13-7-14(16(19(24)25)21(13)18(15)23)26-8-12-9-27-17(20-12)11-5-3-2-4-6-11/h2-6,9-10,13,15,22H,7-8H2,1H3,(H,24,25)/t10?,13-,15+/m1/s1. The summed E-state index contributed by atoms with van der Waals surface area (Å²) in [5.41, 5.74) is 2.00. The average Bonchev–Trinajstić information content (AvgIpc) is 3.23. The SMILES string of the molecule is CC(O)[C@@H]1C(=O)N2C(C(=O)O)=C(SCc3csc(-c4ccccc4)n3)C[C@H]12. The number of carbonyl (C=O) groups excluding carboxylic acids is 1. The van der Waals surface area contributed by atoms with Gasteiger partial charge >= 0.3 is 5.97 Å². The maximum Gasteiger partial charge on any atom is 0.353 e. The number of carboxylic acid groups (broad SMARTS) is 1. The molecule has 3 heterocycles. The first-order valence-corrected chi connectivity index (χ1v) is 10.4. The van der Waals surface area contributed by atoms with Crippen LogP contribution in [-0.2, 0) is 15.3 Å². The number of aliphatic hydroxyl groups excluding tert-OH is 1. The summed E-state index contributed by atoms with van der Waals surface area (Å²) in [4.78, 5) is 30.6. The molecule has 8 heteroatoms. The Hall–Kier alpha value is -2.16. The number of aliphatic carboxylic acids is 1. The number of aliphatic hydroxyl groups is 1. The molecule has 2 N–H and O–H groups in total. The number of carbonyl (C=O) groups is 2. The van der Waals surface area contributed by atoms with E-state index >= 15 is 0 Å². The van der Waals surface area contributed by atoms with E-state index in [0.29, 0.717) is 17.1 Å². The van der Waals surface area contributed by atoms with Gasteiger partial charge in [-0.3, -0.25) is 4.79 Å². The van der Waals surface area contributed by atoms with Gasteiger partial charge in [-0.15, -0.1) is 23.1 Å². The van der Waals surface area contributed by atoms with E-state index in [1.54, 1.807) is 18.3 Å². The van der Waals surface area contributed by atoms with Crippen LogP contribution < -0.4 is 0 Å². The largest absolute Gasteiger partial charge is 0.477 e. The van der Waals surface area contributed by atoms with Gasteiger partial charge in [-0.2, -0.15) is 0 Å². The Labute approximate surface area is 164 Å². The van der Waals surface area contributed by atoms with Crippen LogP contribution in [0.2, 0.25) is 0 Å². The number of amides is 1. The van der Waals surface area contributed by atoms with Crippen molar-refractivity contribution in [3.05, 3.63) is 52.0 Å². The molecule has 0 spiro atoms. The van der Waals surface area contributed by atoms with Crippen molar-refractivity contribution in [2.24, 2.45) is 5.92 Å². The van der Waals surface area contributed by atoms with Crippen molar-refractivity contribution in [2.45, 2.75) is 31.2 Å². The monoisotopic (exact) mass is 402 g/mol. The number of β-lactam (4-membered cyclic amide) rings is 1. The molecule has 1 unspecified atom stereocenters. The molecule has 1 amide bonds. The van der Waals surface area contributed by atoms with E-state index in [4.69, 9.17) is 0 Å². The molecule has 0 radical (unpaired) electrons. The Morgan fingerprint density at radius 3 is 2.81 bits per heavy atom. The lowest BCUT2D eigenvalue weighted by Crippen LogP contribution is -2.61. The lowest BCUT2D eigenvalue weighted by Gasteiger charge is -2.44. The second kappa shape index (κ2) is 7.10. The highest BCUT2D eigenvalue weighted by Crippen LogP contribution is 2.47. The highest BCUT2D eigenvalue weighted by molar-refractivity contribution is 8.02. The van der Waals surface area contributed by atoms with Crippen LogP contribution in [0.5, 0.6) is 0 Å². The van der Waals surface area contributed by atoms with E-state index in [1.807, 2.05) is 35.7 Å². The van der Waals surface area contributed by atoms with Gasteiger partial charge < -0.3 is 15.1 Å². The van der Waals surface area contributed by atoms with Crippen LogP contribution in [0.15, 0.2) is 46.3 Å². The molecule has 1 aromatic carbocycles. The first-order valence-electron chi connectivity index (χ1n) is 8.57. The van der Waals surface area contributed by atoms with Gasteiger partial charge in [-0.1, -0.05) is 30.3 Å². The lowest BCUT2D eigenvalue weighted by atomic mass is 9.83. The van der Waals surface area contributed by atoms with Crippen molar-refractivity contribution >= 4 is 35.0 Å². The molecule has 2 aromatic rings. The summed E-state index contributed by atoms with van der Waals surface area (Å²) in [6.45, 7) is 1.58. The quantitative estimate of drug-likeness (QED) is 0.722. The molecule has 2 aliphatic rings. The first-order chi connectivity index (χ1) is 13.0. The lowest BCUT2D eigenvalue weighted by molar-refractivity contribution is -0.161. The minimum absolute atomic E-state index is 0.0606. The van der Waals surface area contributed by atoms with E-state index in [0.717, 1.165) is 16.3 Å². The minimum Gasteiger partial charge on any atom is -0.477 e. The molecule has 3 atom stereocenters. The van der Waals surface area contributed by atoms with Crippen LogP contribution >= 0.6 is 23.1 Å². The molecule has 1 fully saturated rings. The van der Waals surface area contributed by atoms with Gasteiger partial charge in [0.2, 0.25) is 5.91 Å². The van der Waals surface area contributed by atoms with Gasteiger partial charge in [0.1, 0.15) is 10.7 Å². The normalized spacial score (nSPS) is 22.6. The Balaban J connectivity index is 1.49. The highest BCUT2D eigenvalue weighted by Gasteiger charge is 2.56. The maximum absolute atomic E-state index is 12.2. The summed E-state index contributed by atoms with van der Waals surface area (Å²) in [6, 6.07) is 9.65. The first kappa shape index (κ1) is 18.2. The van der Waals surface area contributed by atoms with E-state index in [2.05, 4.69) is 4.98 Å². The third-order valence-corrected chi connectivity index (χ3v) is 6.95. The molecular weight excluding hydrogens is 384 g/mol. The van der Waals surface area contributed by atoms with Gasteiger partial charge in [-0.25, -0.2) is 9.78 Å². The zero-order valence-electron chi connectivity index (χ0n) is 14.5. The fourth-order valence-electron chi connectivity index (χ4n) is 3.61. The molecule has 27 heavy (non-hydrogen) atoms. The number of aromatic nitrogens is 1. The Kier molecular flexibility index (Phi) is 4.79. The van der Waals surface area contributed by atoms with Crippen LogP contribution in [0.4, 0.5) is 0 Å². The van der Waals surface area contributed by atoms with Crippen LogP contribution in [0.1, 0.15) is 19.0 Å².